The summed E-state index contributed by atoms with van der Waals surface area (Å²) in [5.41, 5.74) is 1.38. The number of nitrogens with zero attached hydrogens (tertiary/aromatic N) is 3. The van der Waals surface area contributed by atoms with Crippen molar-refractivity contribution in [1.29, 1.82) is 0 Å². The SMILES string of the molecule is C=Cc1sccc1C/C=C\C.CN1CCC(C(=O)Nc2nccc3cnccc23)CC1. The Morgan fingerprint density at radius 1 is 1.29 bits per heavy atom. The summed E-state index contributed by atoms with van der Waals surface area (Å²) in [4.78, 5) is 24.3. The Kier molecular flexibility index (Phi) is 8.50. The van der Waals surface area contributed by atoms with Crippen molar-refractivity contribution >= 4 is 39.9 Å². The van der Waals surface area contributed by atoms with Gasteiger partial charge in [0.15, 0.2) is 0 Å². The molecule has 31 heavy (non-hydrogen) atoms. The first kappa shape index (κ1) is 22.8. The number of likely N-dealkylation sites (tertiary alicyclic amines) is 1. The Morgan fingerprint density at radius 3 is 2.84 bits per heavy atom. The van der Waals surface area contributed by atoms with E-state index >= 15 is 0 Å². The van der Waals surface area contributed by atoms with E-state index < -0.39 is 0 Å². The summed E-state index contributed by atoms with van der Waals surface area (Å²) < 4.78 is 0. The van der Waals surface area contributed by atoms with Crippen LogP contribution in [0.15, 0.2) is 60.9 Å². The molecular formula is C25H30N4OS. The highest BCUT2D eigenvalue weighted by Gasteiger charge is 2.23. The molecule has 0 saturated carbocycles. The number of hydrogen-bond donors (Lipinski definition) is 1. The van der Waals surface area contributed by atoms with Crippen LogP contribution in [0.4, 0.5) is 5.82 Å². The Bertz CT molecular complexity index is 1030. The monoisotopic (exact) mass is 434 g/mol. The molecule has 1 amide bonds. The second-order valence-electron chi connectivity index (χ2n) is 7.61. The molecule has 0 spiro atoms. The maximum absolute atomic E-state index is 12.3. The molecule has 1 fully saturated rings. The van der Waals surface area contributed by atoms with E-state index in [1.54, 1.807) is 29.9 Å². The van der Waals surface area contributed by atoms with Crippen molar-refractivity contribution in [3.63, 3.8) is 0 Å². The molecule has 0 aliphatic carbocycles. The average Bonchev–Trinajstić information content (AvgIpc) is 3.26. The molecule has 3 aromatic rings. The first-order valence-corrected chi connectivity index (χ1v) is 11.5. The van der Waals surface area contributed by atoms with Crippen LogP contribution >= 0.6 is 11.3 Å². The summed E-state index contributed by atoms with van der Waals surface area (Å²) in [7, 11) is 2.09. The highest BCUT2D eigenvalue weighted by atomic mass is 32.1. The molecule has 5 nitrogen and oxygen atoms in total. The maximum Gasteiger partial charge on any atom is 0.228 e. The first-order valence-electron chi connectivity index (χ1n) is 10.6. The van der Waals surface area contributed by atoms with Crippen LogP contribution in [0.1, 0.15) is 30.2 Å². The van der Waals surface area contributed by atoms with E-state index in [-0.39, 0.29) is 11.8 Å². The standard InChI is InChI=1S/C15H18N4O.C10H12S/c1-19-8-4-11(5-9-19)15(20)18-14-13-3-6-16-10-12(13)2-7-17-14;1-3-5-6-9-7-8-11-10(9)4-2/h2-3,6-7,10-11H,4-5,8-9H2,1H3,(H,17,18,20);3-5,7-8H,2,6H2,1H3/b;5-3-. The highest BCUT2D eigenvalue weighted by Crippen LogP contribution is 2.22. The number of fused-ring (bicyclic) bond motifs is 1. The van der Waals surface area contributed by atoms with Gasteiger partial charge in [-0.15, -0.1) is 11.3 Å². The number of carbonyl (C=O) groups is 1. The minimum absolute atomic E-state index is 0.0786. The lowest BCUT2D eigenvalue weighted by molar-refractivity contribution is -0.121. The molecule has 3 aromatic heterocycles. The summed E-state index contributed by atoms with van der Waals surface area (Å²) >= 11 is 1.75. The molecule has 0 atom stereocenters. The van der Waals surface area contributed by atoms with E-state index in [1.807, 2.05) is 25.1 Å². The second-order valence-corrected chi connectivity index (χ2v) is 8.56. The van der Waals surface area contributed by atoms with Crippen LogP contribution in [-0.2, 0) is 11.2 Å². The van der Waals surface area contributed by atoms with Crippen molar-refractivity contribution in [3.05, 3.63) is 71.3 Å². The van der Waals surface area contributed by atoms with Gasteiger partial charge in [-0.1, -0.05) is 24.8 Å². The van der Waals surface area contributed by atoms with Crippen LogP contribution in [0.5, 0.6) is 0 Å². The molecular weight excluding hydrogens is 404 g/mol. The molecule has 6 heteroatoms. The number of aromatic nitrogens is 2. The van der Waals surface area contributed by atoms with Crippen molar-refractivity contribution in [2.75, 3.05) is 25.5 Å². The number of thiophene rings is 1. The Labute approximate surface area is 188 Å². The van der Waals surface area contributed by atoms with E-state index in [1.165, 1.54) is 10.4 Å². The molecule has 1 aliphatic heterocycles. The number of piperidine rings is 1. The zero-order valence-corrected chi connectivity index (χ0v) is 19.1. The van der Waals surface area contributed by atoms with Gasteiger partial charge < -0.3 is 10.2 Å². The van der Waals surface area contributed by atoms with Gasteiger partial charge in [-0.2, -0.15) is 0 Å². The lowest BCUT2D eigenvalue weighted by Crippen LogP contribution is -2.36. The van der Waals surface area contributed by atoms with E-state index in [0.717, 1.165) is 43.1 Å². The molecule has 1 N–H and O–H groups in total. The number of hydrogen-bond acceptors (Lipinski definition) is 5. The summed E-state index contributed by atoms with van der Waals surface area (Å²) in [6.45, 7) is 7.75. The normalized spacial score (nSPS) is 14.9. The van der Waals surface area contributed by atoms with Crippen molar-refractivity contribution < 1.29 is 4.79 Å². The summed E-state index contributed by atoms with van der Waals surface area (Å²) in [6, 6.07) is 5.93. The lowest BCUT2D eigenvalue weighted by Gasteiger charge is -2.28. The topological polar surface area (TPSA) is 58.1 Å². The number of pyridine rings is 2. The Morgan fingerprint density at radius 2 is 2.10 bits per heavy atom. The van der Waals surface area contributed by atoms with Crippen LogP contribution in [0.3, 0.4) is 0 Å². The molecule has 0 radical (unpaired) electrons. The van der Waals surface area contributed by atoms with Gasteiger partial charge in [0.1, 0.15) is 5.82 Å². The largest absolute Gasteiger partial charge is 0.310 e. The van der Waals surface area contributed by atoms with Gasteiger partial charge in [0, 0.05) is 40.2 Å². The van der Waals surface area contributed by atoms with Crippen LogP contribution in [0.2, 0.25) is 0 Å². The Balaban J connectivity index is 0.000000210. The van der Waals surface area contributed by atoms with Gasteiger partial charge in [0.25, 0.3) is 0 Å². The molecule has 0 bridgehead atoms. The number of carbonyl (C=O) groups excluding carboxylic acids is 1. The number of allylic oxidation sites excluding steroid dienone is 2. The van der Waals surface area contributed by atoms with Crippen LogP contribution in [0, 0.1) is 5.92 Å². The summed E-state index contributed by atoms with van der Waals surface area (Å²) in [5.74, 6) is 0.800. The van der Waals surface area contributed by atoms with Gasteiger partial charge in [0.05, 0.1) is 0 Å². The third kappa shape index (κ3) is 6.32. The van der Waals surface area contributed by atoms with Gasteiger partial charge in [-0.25, -0.2) is 4.98 Å². The third-order valence-corrected chi connectivity index (χ3v) is 6.39. The first-order chi connectivity index (χ1) is 15.1. The fourth-order valence-corrected chi connectivity index (χ4v) is 4.32. The third-order valence-electron chi connectivity index (χ3n) is 5.44. The predicted octanol–water partition coefficient (Wildman–Crippen LogP) is 5.42. The number of amides is 1. The van der Waals surface area contributed by atoms with Crippen LogP contribution < -0.4 is 5.32 Å². The van der Waals surface area contributed by atoms with Crippen molar-refractivity contribution in [2.45, 2.75) is 26.2 Å². The van der Waals surface area contributed by atoms with Crippen molar-refractivity contribution in [2.24, 2.45) is 5.92 Å². The number of anilines is 1. The van der Waals surface area contributed by atoms with E-state index in [4.69, 9.17) is 0 Å². The minimum Gasteiger partial charge on any atom is -0.310 e. The maximum atomic E-state index is 12.3. The van der Waals surface area contributed by atoms with Gasteiger partial charge in [0.2, 0.25) is 5.91 Å². The van der Waals surface area contributed by atoms with Crippen LogP contribution in [0.25, 0.3) is 16.8 Å². The van der Waals surface area contributed by atoms with E-state index in [9.17, 15) is 4.79 Å². The molecule has 4 rings (SSSR count). The van der Waals surface area contributed by atoms with Crippen molar-refractivity contribution in [3.8, 4) is 0 Å². The van der Waals surface area contributed by atoms with Gasteiger partial charge >= 0.3 is 0 Å². The molecule has 4 heterocycles. The molecule has 0 unspecified atom stereocenters. The summed E-state index contributed by atoms with van der Waals surface area (Å²) in [5, 5.41) is 7.00. The van der Waals surface area contributed by atoms with E-state index in [2.05, 4.69) is 57.4 Å². The molecule has 1 aliphatic rings. The highest BCUT2D eigenvalue weighted by molar-refractivity contribution is 7.11. The molecule has 0 aromatic carbocycles. The van der Waals surface area contributed by atoms with Crippen molar-refractivity contribution in [1.82, 2.24) is 14.9 Å². The molecule has 162 valence electrons. The lowest BCUT2D eigenvalue weighted by atomic mass is 9.96. The quantitative estimate of drug-likeness (QED) is 0.545. The second kappa shape index (κ2) is 11.5. The number of nitrogens with one attached hydrogen (secondary N) is 1. The fourth-order valence-electron chi connectivity index (χ4n) is 3.55. The van der Waals surface area contributed by atoms with E-state index in [0.29, 0.717) is 5.82 Å². The average molecular weight is 435 g/mol. The zero-order chi connectivity index (χ0) is 22.1. The Hall–Kier alpha value is -2.83. The van der Waals surface area contributed by atoms with Gasteiger partial charge in [-0.3, -0.25) is 9.78 Å². The smallest absolute Gasteiger partial charge is 0.228 e. The van der Waals surface area contributed by atoms with Gasteiger partial charge in [-0.05, 0) is 75.5 Å². The fraction of sp³-hybridized carbons (Fsp3) is 0.320. The molecule has 1 saturated heterocycles. The predicted molar refractivity (Wildman–Crippen MR) is 131 cm³/mol. The van der Waals surface area contributed by atoms with Crippen LogP contribution in [-0.4, -0.2) is 40.9 Å². The summed E-state index contributed by atoms with van der Waals surface area (Å²) in [6.07, 6.45) is 14.2. The minimum atomic E-state index is 0.0786. The number of rotatable bonds is 5. The zero-order valence-electron chi connectivity index (χ0n) is 18.3.